The number of nitrogens with two attached hydrogens (primary N) is 1. The first-order valence-corrected chi connectivity index (χ1v) is 5.91. The average Bonchev–Trinajstić information content (AvgIpc) is 2.41. The third-order valence-electron chi connectivity index (χ3n) is 2.67. The van der Waals surface area contributed by atoms with Crippen molar-refractivity contribution in [3.05, 3.63) is 46.2 Å². The fraction of sp³-hybridized carbons (Fsp3) is 0.154. The van der Waals surface area contributed by atoms with E-state index in [9.17, 15) is 9.59 Å². The predicted molar refractivity (Wildman–Crippen MR) is 78.0 cm³/mol. The molecule has 1 heterocycles. The number of hydrogen-bond donors (Lipinski definition) is 3. The van der Waals surface area contributed by atoms with E-state index in [-0.39, 0.29) is 17.3 Å². The second-order valence-electron chi connectivity index (χ2n) is 4.43. The van der Waals surface area contributed by atoms with Crippen LogP contribution >= 0.6 is 0 Å². The zero-order valence-electron chi connectivity index (χ0n) is 11.2. The van der Waals surface area contributed by atoms with Crippen molar-refractivity contribution in [2.45, 2.75) is 0 Å². The van der Waals surface area contributed by atoms with Crippen LogP contribution in [-0.2, 0) is 0 Å². The van der Waals surface area contributed by atoms with Gasteiger partial charge in [0.05, 0.1) is 5.56 Å². The number of aromatic nitrogens is 2. The number of carbonyl (C=O) groups is 1. The third kappa shape index (κ3) is 2.94. The normalized spacial score (nSPS) is 10.1. The van der Waals surface area contributed by atoms with Gasteiger partial charge in [-0.05, 0) is 24.3 Å². The lowest BCUT2D eigenvalue weighted by Crippen LogP contribution is -2.20. The largest absolute Gasteiger partial charge is 0.399 e. The van der Waals surface area contributed by atoms with Gasteiger partial charge in [-0.15, -0.1) is 0 Å². The van der Waals surface area contributed by atoms with Gasteiger partial charge in [0.25, 0.3) is 11.5 Å². The van der Waals surface area contributed by atoms with Crippen molar-refractivity contribution in [2.75, 3.05) is 30.0 Å². The van der Waals surface area contributed by atoms with Gasteiger partial charge >= 0.3 is 0 Å². The van der Waals surface area contributed by atoms with Crippen LogP contribution in [0.5, 0.6) is 0 Å². The topological polar surface area (TPSA) is 104 Å². The monoisotopic (exact) mass is 273 g/mol. The lowest BCUT2D eigenvalue weighted by molar-refractivity contribution is 0.102. The Morgan fingerprint density at radius 3 is 2.65 bits per heavy atom. The minimum atomic E-state index is -0.347. The second-order valence-corrected chi connectivity index (χ2v) is 4.43. The number of hydrogen-bond acceptors (Lipinski definition) is 5. The quantitative estimate of drug-likeness (QED) is 0.713. The Hall–Kier alpha value is -2.83. The number of benzene rings is 1. The van der Waals surface area contributed by atoms with E-state index in [2.05, 4.69) is 15.5 Å². The van der Waals surface area contributed by atoms with Crippen molar-refractivity contribution in [3.63, 3.8) is 0 Å². The molecule has 0 saturated heterocycles. The summed E-state index contributed by atoms with van der Waals surface area (Å²) in [4.78, 5) is 25.0. The molecule has 2 aromatic rings. The maximum Gasteiger partial charge on any atom is 0.264 e. The molecule has 1 aromatic carbocycles. The highest BCUT2D eigenvalue weighted by atomic mass is 16.2. The molecule has 7 heteroatoms. The van der Waals surface area contributed by atoms with Crippen LogP contribution < -0.4 is 21.5 Å². The third-order valence-corrected chi connectivity index (χ3v) is 2.67. The van der Waals surface area contributed by atoms with E-state index in [4.69, 9.17) is 5.73 Å². The highest BCUT2D eigenvalue weighted by Gasteiger charge is 2.14. The summed E-state index contributed by atoms with van der Waals surface area (Å²) in [7, 11) is 3.67. The number of H-pyrrole nitrogens is 1. The van der Waals surface area contributed by atoms with E-state index in [1.165, 1.54) is 12.1 Å². The molecule has 0 spiro atoms. The van der Waals surface area contributed by atoms with Crippen LogP contribution in [0, 0.1) is 0 Å². The predicted octanol–water partition coefficient (Wildman–Crippen LogP) is 0.670. The van der Waals surface area contributed by atoms with E-state index in [1.807, 2.05) is 19.0 Å². The number of nitrogens with zero attached hydrogens (tertiary/aromatic N) is 2. The molecule has 0 fully saturated rings. The number of aromatic amines is 1. The number of anilines is 3. The molecule has 0 bridgehead atoms. The Labute approximate surface area is 115 Å². The minimum Gasteiger partial charge on any atom is -0.399 e. The van der Waals surface area contributed by atoms with Crippen molar-refractivity contribution >= 4 is 23.1 Å². The molecule has 0 atom stereocenters. The van der Waals surface area contributed by atoms with Crippen LogP contribution in [0.3, 0.4) is 0 Å². The summed E-state index contributed by atoms with van der Waals surface area (Å²) in [5.41, 5.74) is 7.05. The highest BCUT2D eigenvalue weighted by molar-refractivity contribution is 6.08. The fourth-order valence-corrected chi connectivity index (χ4v) is 1.72. The molecular formula is C13H15N5O2. The lowest BCUT2D eigenvalue weighted by atomic mass is 10.1. The number of amides is 1. The molecular weight excluding hydrogens is 258 g/mol. The smallest absolute Gasteiger partial charge is 0.264 e. The molecule has 4 N–H and O–H groups in total. The van der Waals surface area contributed by atoms with Gasteiger partial charge in [-0.3, -0.25) is 9.59 Å². The van der Waals surface area contributed by atoms with Crippen LogP contribution in [0.15, 0.2) is 35.1 Å². The Balaban J connectivity index is 2.31. The number of carbonyl (C=O) groups excluding carboxylic acids is 1. The van der Waals surface area contributed by atoms with Crippen molar-refractivity contribution in [3.8, 4) is 0 Å². The van der Waals surface area contributed by atoms with Gasteiger partial charge in [-0.2, -0.15) is 5.10 Å². The van der Waals surface area contributed by atoms with E-state index in [0.717, 1.165) is 5.69 Å². The number of rotatable bonds is 3. The standard InChI is InChI=1S/C13H15N5O2/c1-18(2)10-4-3-8(14)7-9(10)13(20)15-11-5-6-12(19)17-16-11/h3-7H,14H2,1-2H3,(H,17,19)(H,15,16,20). The summed E-state index contributed by atoms with van der Waals surface area (Å²) < 4.78 is 0. The highest BCUT2D eigenvalue weighted by Crippen LogP contribution is 2.22. The van der Waals surface area contributed by atoms with Crippen molar-refractivity contribution in [2.24, 2.45) is 0 Å². The van der Waals surface area contributed by atoms with Gasteiger partial charge in [-0.25, -0.2) is 5.10 Å². The molecule has 0 saturated carbocycles. The first kappa shape index (κ1) is 13.6. The van der Waals surface area contributed by atoms with Crippen LogP contribution in [0.25, 0.3) is 0 Å². The Morgan fingerprint density at radius 2 is 2.05 bits per heavy atom. The van der Waals surface area contributed by atoms with Crippen molar-refractivity contribution in [1.82, 2.24) is 10.2 Å². The van der Waals surface area contributed by atoms with Crippen LogP contribution in [0.2, 0.25) is 0 Å². The molecule has 7 nitrogen and oxygen atoms in total. The molecule has 0 radical (unpaired) electrons. The van der Waals surface area contributed by atoms with Gasteiger partial charge in [-0.1, -0.05) is 0 Å². The summed E-state index contributed by atoms with van der Waals surface area (Å²) in [6, 6.07) is 7.80. The van der Waals surface area contributed by atoms with Gasteiger partial charge < -0.3 is 16.0 Å². The Kier molecular flexibility index (Phi) is 3.69. The van der Waals surface area contributed by atoms with Crippen molar-refractivity contribution < 1.29 is 4.79 Å². The maximum atomic E-state index is 12.3. The average molecular weight is 273 g/mol. The van der Waals surface area contributed by atoms with E-state index < -0.39 is 0 Å². The molecule has 104 valence electrons. The molecule has 1 amide bonds. The maximum absolute atomic E-state index is 12.3. The van der Waals surface area contributed by atoms with Gasteiger partial charge in [0, 0.05) is 31.5 Å². The minimum absolute atomic E-state index is 0.265. The Morgan fingerprint density at radius 1 is 1.30 bits per heavy atom. The first-order valence-electron chi connectivity index (χ1n) is 5.91. The molecule has 0 aliphatic heterocycles. The second kappa shape index (κ2) is 5.43. The summed E-state index contributed by atoms with van der Waals surface area (Å²) in [5.74, 6) is -0.0812. The fourth-order valence-electron chi connectivity index (χ4n) is 1.72. The summed E-state index contributed by atoms with van der Waals surface area (Å²) >= 11 is 0. The summed E-state index contributed by atoms with van der Waals surface area (Å²) in [6.45, 7) is 0. The Bertz CT molecular complexity index is 673. The zero-order valence-corrected chi connectivity index (χ0v) is 11.2. The van der Waals surface area contributed by atoms with Gasteiger partial charge in [0.1, 0.15) is 0 Å². The summed E-state index contributed by atoms with van der Waals surface area (Å²) in [5, 5.41) is 8.58. The molecule has 1 aromatic heterocycles. The van der Waals surface area contributed by atoms with Crippen LogP contribution in [0.1, 0.15) is 10.4 Å². The van der Waals surface area contributed by atoms with E-state index in [0.29, 0.717) is 11.3 Å². The molecule has 0 aliphatic rings. The first-order chi connectivity index (χ1) is 9.47. The van der Waals surface area contributed by atoms with E-state index in [1.54, 1.807) is 18.2 Å². The van der Waals surface area contributed by atoms with E-state index >= 15 is 0 Å². The summed E-state index contributed by atoms with van der Waals surface area (Å²) in [6.07, 6.45) is 0. The van der Waals surface area contributed by atoms with Crippen LogP contribution in [0.4, 0.5) is 17.2 Å². The molecule has 20 heavy (non-hydrogen) atoms. The van der Waals surface area contributed by atoms with Crippen molar-refractivity contribution in [1.29, 1.82) is 0 Å². The lowest BCUT2D eigenvalue weighted by Gasteiger charge is -2.17. The number of nitrogens with one attached hydrogen (secondary N) is 2. The molecule has 0 unspecified atom stereocenters. The zero-order chi connectivity index (χ0) is 14.7. The van der Waals surface area contributed by atoms with Gasteiger partial charge in [0.15, 0.2) is 5.82 Å². The number of nitrogen functional groups attached to an aromatic ring is 1. The SMILES string of the molecule is CN(C)c1ccc(N)cc1C(=O)Nc1ccc(=O)[nH]n1. The molecule has 2 rings (SSSR count). The van der Waals surface area contributed by atoms with Gasteiger partial charge in [0.2, 0.25) is 0 Å². The molecule has 0 aliphatic carbocycles. The van der Waals surface area contributed by atoms with Crippen LogP contribution in [-0.4, -0.2) is 30.2 Å².